The summed E-state index contributed by atoms with van der Waals surface area (Å²) < 4.78 is 19.7. The van der Waals surface area contributed by atoms with E-state index in [0.29, 0.717) is 66.1 Å². The third-order valence-electron chi connectivity index (χ3n) is 6.95. The van der Waals surface area contributed by atoms with Gasteiger partial charge in [0.25, 0.3) is 0 Å². The number of phenolic OH excluding ortho intramolecular Hbond substituents is 1. The van der Waals surface area contributed by atoms with E-state index in [1.165, 1.54) is 12.1 Å². The normalized spacial score (nSPS) is 19.1. The zero-order valence-electron chi connectivity index (χ0n) is 21.8. The molecular formula is C27H33ClFN5O6. The number of carbonyl (C=O) groups is 2. The van der Waals surface area contributed by atoms with Crippen LogP contribution < -0.4 is 21.3 Å². The summed E-state index contributed by atoms with van der Waals surface area (Å²) in [6, 6.07) is 8.63. The fourth-order valence-corrected chi connectivity index (χ4v) is 5.02. The van der Waals surface area contributed by atoms with Gasteiger partial charge in [-0.3, -0.25) is 19.0 Å². The van der Waals surface area contributed by atoms with Crippen molar-refractivity contribution in [1.29, 1.82) is 0 Å². The first-order valence-corrected chi connectivity index (χ1v) is 13.3. The summed E-state index contributed by atoms with van der Waals surface area (Å²) in [6.07, 6.45) is -0.0353. The van der Waals surface area contributed by atoms with Gasteiger partial charge in [-0.1, -0.05) is 17.7 Å². The second-order valence-electron chi connectivity index (χ2n) is 9.99. The number of nitrogens with one attached hydrogen (secondary N) is 4. The number of ether oxygens (including phenoxy) is 1. The van der Waals surface area contributed by atoms with Crippen molar-refractivity contribution < 1.29 is 34.0 Å². The molecule has 11 nitrogen and oxygen atoms in total. The lowest BCUT2D eigenvalue weighted by molar-refractivity contribution is -0.137. The first-order chi connectivity index (χ1) is 19.2. The van der Waals surface area contributed by atoms with Gasteiger partial charge in [0.05, 0.1) is 38.3 Å². The van der Waals surface area contributed by atoms with E-state index in [9.17, 15) is 29.3 Å². The Morgan fingerprint density at radius 3 is 2.60 bits per heavy atom. The summed E-state index contributed by atoms with van der Waals surface area (Å²) >= 11 is 6.37. The Hall–Kier alpha value is -3.61. The highest BCUT2D eigenvalue weighted by atomic mass is 35.5. The number of guanidine groups is 1. The smallest absolute Gasteiger partial charge is 0.305 e. The van der Waals surface area contributed by atoms with Crippen LogP contribution >= 0.6 is 11.6 Å². The summed E-state index contributed by atoms with van der Waals surface area (Å²) in [4.78, 5) is 28.7. The van der Waals surface area contributed by atoms with E-state index in [0.717, 1.165) is 0 Å². The number of aliphatic imine (C=N–C) groups is 1. The molecule has 0 aromatic heterocycles. The molecule has 2 aliphatic rings. The van der Waals surface area contributed by atoms with Crippen LogP contribution in [-0.4, -0.2) is 78.8 Å². The molecule has 2 aliphatic heterocycles. The lowest BCUT2D eigenvalue weighted by Crippen LogP contribution is -2.42. The number of hydrogen-bond donors (Lipinski definition) is 7. The maximum atomic E-state index is 14.3. The highest BCUT2D eigenvalue weighted by Crippen LogP contribution is 2.38. The van der Waals surface area contributed by atoms with Crippen molar-refractivity contribution in [3.8, 4) is 5.75 Å². The van der Waals surface area contributed by atoms with Gasteiger partial charge in [-0.25, -0.2) is 0 Å². The van der Waals surface area contributed by atoms with E-state index >= 15 is 0 Å². The molecule has 2 aromatic carbocycles. The van der Waals surface area contributed by atoms with E-state index in [1.807, 2.05) is 0 Å². The third kappa shape index (κ3) is 7.74. The summed E-state index contributed by atoms with van der Waals surface area (Å²) in [7, 11) is 0. The highest BCUT2D eigenvalue weighted by molar-refractivity contribution is 6.30. The number of amides is 1. The Labute approximate surface area is 235 Å². The number of aliphatic hydroxyl groups excluding tert-OH is 1. The number of halogens is 2. The monoisotopic (exact) mass is 577 g/mol. The molecule has 2 aromatic rings. The average Bonchev–Trinajstić information content (AvgIpc) is 2.92. The number of anilines is 2. The van der Waals surface area contributed by atoms with Gasteiger partial charge in [-0.15, -0.1) is 0 Å². The topological polar surface area (TPSA) is 165 Å². The molecule has 0 radical (unpaired) electrons. The lowest BCUT2D eigenvalue weighted by atomic mass is 9.74. The molecule has 1 amide bonds. The summed E-state index contributed by atoms with van der Waals surface area (Å²) in [5.74, 6) is -1.24. The lowest BCUT2D eigenvalue weighted by Gasteiger charge is -2.36. The number of carboxylic acids is 1. The molecule has 0 bridgehead atoms. The van der Waals surface area contributed by atoms with Crippen molar-refractivity contribution in [3.63, 3.8) is 0 Å². The second-order valence-corrected chi connectivity index (χ2v) is 10.4. The molecule has 0 spiro atoms. The van der Waals surface area contributed by atoms with Crippen LogP contribution in [0.2, 0.25) is 5.02 Å². The molecule has 7 N–H and O–H groups in total. The SMILES string of the molecule is O=C(O)C[C@H](NC(=O)CNc1cc(O)cc(NC2=NCC(O)CN2)c1)c1cc(Cl)cc(C2(CF)CCOCC2)c1. The molecular weight excluding hydrogens is 545 g/mol. The zero-order chi connectivity index (χ0) is 28.7. The Morgan fingerprint density at radius 2 is 1.93 bits per heavy atom. The van der Waals surface area contributed by atoms with Crippen molar-refractivity contribution in [1.82, 2.24) is 10.6 Å². The van der Waals surface area contributed by atoms with Crippen LogP contribution in [0.25, 0.3) is 0 Å². The first kappa shape index (κ1) is 29.4. The van der Waals surface area contributed by atoms with Crippen LogP contribution in [0.3, 0.4) is 0 Å². The quantitative estimate of drug-likeness (QED) is 0.225. The van der Waals surface area contributed by atoms with E-state index in [2.05, 4.69) is 26.3 Å². The molecule has 1 fully saturated rings. The molecule has 2 heterocycles. The van der Waals surface area contributed by atoms with E-state index in [4.69, 9.17) is 16.3 Å². The number of carboxylic acid groups (broad SMARTS) is 1. The van der Waals surface area contributed by atoms with Crippen LogP contribution in [-0.2, 0) is 19.7 Å². The van der Waals surface area contributed by atoms with Crippen LogP contribution in [0.15, 0.2) is 41.4 Å². The van der Waals surface area contributed by atoms with Gasteiger partial charge < -0.3 is 41.3 Å². The van der Waals surface area contributed by atoms with Gasteiger partial charge in [0, 0.05) is 53.7 Å². The fourth-order valence-electron chi connectivity index (χ4n) is 4.77. The largest absolute Gasteiger partial charge is 0.508 e. The second kappa shape index (κ2) is 13.2. The van der Waals surface area contributed by atoms with Crippen LogP contribution in [0, 0.1) is 0 Å². The third-order valence-corrected chi connectivity index (χ3v) is 7.17. The summed E-state index contributed by atoms with van der Waals surface area (Å²) in [6.45, 7) is 0.574. The number of aliphatic carboxylic acids is 1. The number of carbonyl (C=O) groups excluding carboxylic acids is 1. The maximum Gasteiger partial charge on any atom is 0.305 e. The molecule has 0 aliphatic carbocycles. The standard InChI is InChI=1S/C27H33ClFN5O6/c28-18-6-16(5-17(7-18)27(15-29)1-3-40-4-2-27)23(11-25(38)39)34-24(37)14-30-19-8-20(10-21(35)9-19)33-26-31-12-22(36)13-32-26/h5-10,22-23,30,35-36H,1-4,11-15H2,(H,34,37)(H,38,39)(H2,31,32,33)/t23-/m0/s1. The molecule has 40 heavy (non-hydrogen) atoms. The average molecular weight is 578 g/mol. The Balaban J connectivity index is 1.45. The van der Waals surface area contributed by atoms with Crippen molar-refractivity contribution in [3.05, 3.63) is 52.5 Å². The Bertz CT molecular complexity index is 1260. The number of alkyl halides is 1. The first-order valence-electron chi connectivity index (χ1n) is 12.9. The Kier molecular flexibility index (Phi) is 9.67. The fraction of sp³-hybridized carbons (Fsp3) is 0.444. The van der Waals surface area contributed by atoms with Crippen molar-refractivity contribution >= 4 is 40.8 Å². The minimum atomic E-state index is -1.12. The van der Waals surface area contributed by atoms with Gasteiger partial charge in [0.1, 0.15) is 5.75 Å². The van der Waals surface area contributed by atoms with Gasteiger partial charge in [-0.2, -0.15) is 0 Å². The minimum Gasteiger partial charge on any atom is -0.508 e. The number of rotatable bonds is 10. The molecule has 0 saturated carbocycles. The van der Waals surface area contributed by atoms with Gasteiger partial charge in [0.15, 0.2) is 5.96 Å². The van der Waals surface area contributed by atoms with Gasteiger partial charge in [-0.05, 0) is 42.2 Å². The highest BCUT2D eigenvalue weighted by Gasteiger charge is 2.35. The molecule has 216 valence electrons. The van der Waals surface area contributed by atoms with Crippen LogP contribution in [0.5, 0.6) is 5.75 Å². The number of nitrogens with zero attached hydrogens (tertiary/aromatic N) is 1. The summed E-state index contributed by atoms with van der Waals surface area (Å²) in [5.41, 5.74) is 1.26. The molecule has 2 atom stereocenters. The van der Waals surface area contributed by atoms with Crippen LogP contribution in [0.4, 0.5) is 15.8 Å². The number of benzene rings is 2. The van der Waals surface area contributed by atoms with Crippen molar-refractivity contribution in [2.24, 2.45) is 4.99 Å². The number of aromatic hydroxyl groups is 1. The van der Waals surface area contributed by atoms with E-state index in [1.54, 1.807) is 24.3 Å². The van der Waals surface area contributed by atoms with E-state index < -0.39 is 42.5 Å². The minimum absolute atomic E-state index is 0.0607. The summed E-state index contributed by atoms with van der Waals surface area (Å²) in [5, 5.41) is 41.1. The van der Waals surface area contributed by atoms with Crippen LogP contribution in [0.1, 0.15) is 36.4 Å². The van der Waals surface area contributed by atoms with E-state index in [-0.39, 0.29) is 18.8 Å². The van der Waals surface area contributed by atoms with Crippen molar-refractivity contribution in [2.45, 2.75) is 36.8 Å². The molecule has 1 saturated heterocycles. The predicted molar refractivity (Wildman–Crippen MR) is 149 cm³/mol. The van der Waals surface area contributed by atoms with Crippen molar-refractivity contribution in [2.75, 3.05) is 50.2 Å². The number of aliphatic hydroxyl groups is 1. The van der Waals surface area contributed by atoms with Gasteiger partial charge >= 0.3 is 5.97 Å². The molecule has 4 rings (SSSR count). The zero-order valence-corrected chi connectivity index (χ0v) is 22.5. The Morgan fingerprint density at radius 1 is 1.18 bits per heavy atom. The number of β-amino-alcohol motifs (C(OH)–C–C–N with tert-alkyl or cyclic N) is 1. The maximum absolute atomic E-state index is 14.3. The number of phenols is 1. The number of hydrogen-bond acceptors (Lipinski definition) is 9. The molecule has 13 heteroatoms. The van der Waals surface area contributed by atoms with Gasteiger partial charge in [0.2, 0.25) is 5.91 Å². The molecule has 1 unspecified atom stereocenters. The predicted octanol–water partition coefficient (Wildman–Crippen LogP) is 2.54.